The van der Waals surface area contributed by atoms with E-state index < -0.39 is 11.9 Å². The number of nitrogens with one attached hydrogen (secondary N) is 2. The Morgan fingerprint density at radius 2 is 1.82 bits per heavy atom. The Morgan fingerprint density at radius 3 is 2.65 bits per heavy atom. The number of ether oxygens (including phenoxy) is 2. The summed E-state index contributed by atoms with van der Waals surface area (Å²) in [5.41, 5.74) is 7.81. The van der Waals surface area contributed by atoms with Gasteiger partial charge in [0, 0.05) is 5.56 Å². The third-order valence-corrected chi connectivity index (χ3v) is 6.64. The highest BCUT2D eigenvalue weighted by atomic mass is 19.1. The lowest BCUT2D eigenvalue weighted by Crippen LogP contribution is -2.19. The van der Waals surface area contributed by atoms with E-state index in [0.717, 1.165) is 0 Å². The number of aromatic nitrogens is 2. The average Bonchev–Trinajstić information content (AvgIpc) is 2.96. The van der Waals surface area contributed by atoms with Gasteiger partial charge in [-0.3, -0.25) is 10.2 Å². The van der Waals surface area contributed by atoms with Crippen molar-refractivity contribution in [2.75, 3.05) is 24.3 Å². The SMILES string of the molecule is CC(Nc1ncnc(N)c1C(=N)c1ccc2c(c1)OCCO2)c1oc2ccccc2c(=O)c1-c1cccc(F)c1. The van der Waals surface area contributed by atoms with Crippen LogP contribution in [0, 0.1) is 11.2 Å². The van der Waals surface area contributed by atoms with Crippen LogP contribution in [0.4, 0.5) is 16.0 Å². The molecule has 0 fully saturated rings. The molecule has 1 atom stereocenters. The maximum Gasteiger partial charge on any atom is 0.200 e. The fraction of sp³-hybridized carbons (Fsp3) is 0.133. The minimum Gasteiger partial charge on any atom is -0.486 e. The number of halogens is 1. The Morgan fingerprint density at radius 1 is 1.02 bits per heavy atom. The number of anilines is 2. The molecule has 0 aliphatic carbocycles. The summed E-state index contributed by atoms with van der Waals surface area (Å²) in [6.45, 7) is 2.65. The maximum absolute atomic E-state index is 14.2. The molecule has 2 aromatic heterocycles. The van der Waals surface area contributed by atoms with Crippen LogP contribution in [0.1, 0.15) is 29.9 Å². The summed E-state index contributed by atoms with van der Waals surface area (Å²) in [6, 6.07) is 17.2. The van der Waals surface area contributed by atoms with Gasteiger partial charge >= 0.3 is 0 Å². The van der Waals surface area contributed by atoms with Gasteiger partial charge in [0.05, 0.1) is 28.3 Å². The van der Waals surface area contributed by atoms with Gasteiger partial charge in [0.25, 0.3) is 0 Å². The van der Waals surface area contributed by atoms with Crippen LogP contribution in [0.2, 0.25) is 0 Å². The van der Waals surface area contributed by atoms with Crippen molar-refractivity contribution >= 4 is 28.3 Å². The first-order chi connectivity index (χ1) is 19.4. The van der Waals surface area contributed by atoms with Crippen LogP contribution in [0.3, 0.4) is 0 Å². The molecule has 0 amide bonds. The quantitative estimate of drug-likeness (QED) is 0.247. The summed E-state index contributed by atoms with van der Waals surface area (Å²) in [5, 5.41) is 12.6. The number of fused-ring (bicyclic) bond motifs is 2. The van der Waals surface area contributed by atoms with E-state index in [0.29, 0.717) is 46.8 Å². The number of nitrogen functional groups attached to an aromatic ring is 1. The van der Waals surface area contributed by atoms with Crippen molar-refractivity contribution in [1.29, 1.82) is 5.41 Å². The average molecular weight is 538 g/mol. The van der Waals surface area contributed by atoms with Gasteiger partial charge in [-0.05, 0) is 55.0 Å². The first-order valence-corrected chi connectivity index (χ1v) is 12.6. The van der Waals surface area contributed by atoms with Gasteiger partial charge in [-0.1, -0.05) is 24.3 Å². The van der Waals surface area contributed by atoms with Crippen LogP contribution < -0.4 is 26.0 Å². The molecule has 0 radical (unpaired) electrons. The van der Waals surface area contributed by atoms with E-state index >= 15 is 0 Å². The Hall–Kier alpha value is -5.25. The van der Waals surface area contributed by atoms with Crippen LogP contribution in [0.5, 0.6) is 11.5 Å². The van der Waals surface area contributed by atoms with Crippen molar-refractivity contribution in [3.05, 3.63) is 106 Å². The second-order valence-electron chi connectivity index (χ2n) is 9.26. The van der Waals surface area contributed by atoms with Crippen LogP contribution in [0.15, 0.2) is 82.3 Å². The predicted octanol–water partition coefficient (Wildman–Crippen LogP) is 5.33. The molecule has 6 rings (SSSR count). The van der Waals surface area contributed by atoms with Crippen molar-refractivity contribution in [3.8, 4) is 22.6 Å². The lowest BCUT2D eigenvalue weighted by Gasteiger charge is -2.21. The van der Waals surface area contributed by atoms with Crippen molar-refractivity contribution in [2.24, 2.45) is 0 Å². The van der Waals surface area contributed by atoms with E-state index in [1.165, 1.54) is 18.5 Å². The maximum atomic E-state index is 14.2. The van der Waals surface area contributed by atoms with Crippen molar-refractivity contribution in [1.82, 2.24) is 9.97 Å². The van der Waals surface area contributed by atoms with E-state index in [1.807, 2.05) is 0 Å². The summed E-state index contributed by atoms with van der Waals surface area (Å²) in [7, 11) is 0. The number of hydrogen-bond acceptors (Lipinski definition) is 9. The molecule has 1 aliphatic rings. The van der Waals surface area contributed by atoms with Gasteiger partial charge < -0.3 is 24.9 Å². The zero-order valence-corrected chi connectivity index (χ0v) is 21.4. The monoisotopic (exact) mass is 537 g/mol. The summed E-state index contributed by atoms with van der Waals surface area (Å²) < 4.78 is 31.7. The van der Waals surface area contributed by atoms with E-state index in [1.54, 1.807) is 61.5 Å². The van der Waals surface area contributed by atoms with E-state index in [9.17, 15) is 9.18 Å². The highest BCUT2D eigenvalue weighted by molar-refractivity contribution is 6.16. The molecule has 0 saturated heterocycles. The summed E-state index contributed by atoms with van der Waals surface area (Å²) in [5.74, 6) is 1.29. The standard InChI is InChI=1S/C30H24FN5O4/c1-16(28-24(17-5-4-6-19(31)13-17)27(37)20-7-2-3-8-21(20)40-28)36-30-25(29(33)34-15-35-30)26(32)18-9-10-22-23(14-18)39-12-11-38-22/h2-10,13-16,32H,11-12H2,1H3,(H3,33,34,35,36). The topological polar surface area (TPSA) is 136 Å². The Kier molecular flexibility index (Phi) is 6.35. The molecule has 1 aliphatic heterocycles. The fourth-order valence-corrected chi connectivity index (χ4v) is 4.75. The van der Waals surface area contributed by atoms with Crippen LogP contribution >= 0.6 is 0 Å². The van der Waals surface area contributed by atoms with Crippen molar-refractivity contribution in [2.45, 2.75) is 13.0 Å². The number of benzene rings is 3. The Labute approximate surface area is 227 Å². The first-order valence-electron chi connectivity index (χ1n) is 12.6. The summed E-state index contributed by atoms with van der Waals surface area (Å²) in [4.78, 5) is 22.1. The van der Waals surface area contributed by atoms with E-state index in [-0.39, 0.29) is 39.7 Å². The fourth-order valence-electron chi connectivity index (χ4n) is 4.75. The molecule has 40 heavy (non-hydrogen) atoms. The Balaban J connectivity index is 1.43. The lowest BCUT2D eigenvalue weighted by atomic mass is 9.98. The molecule has 0 bridgehead atoms. The van der Waals surface area contributed by atoms with Gasteiger partial charge in [-0.15, -0.1) is 0 Å². The van der Waals surface area contributed by atoms with E-state index in [4.69, 9.17) is 25.0 Å². The number of nitrogens with two attached hydrogens (primary N) is 1. The van der Waals surface area contributed by atoms with Crippen LogP contribution in [0.25, 0.3) is 22.1 Å². The highest BCUT2D eigenvalue weighted by Gasteiger charge is 2.25. The molecule has 3 heterocycles. The van der Waals surface area contributed by atoms with Crippen molar-refractivity contribution < 1.29 is 18.3 Å². The number of para-hydroxylation sites is 1. The number of nitrogens with zero attached hydrogens (tertiary/aromatic N) is 2. The normalized spacial score (nSPS) is 13.2. The molecule has 10 heteroatoms. The summed E-state index contributed by atoms with van der Waals surface area (Å²) >= 11 is 0. The summed E-state index contributed by atoms with van der Waals surface area (Å²) in [6.07, 6.45) is 1.29. The minimum atomic E-state index is -0.642. The zero-order valence-electron chi connectivity index (χ0n) is 21.4. The van der Waals surface area contributed by atoms with Gasteiger partial charge in [0.15, 0.2) is 11.5 Å². The lowest BCUT2D eigenvalue weighted by molar-refractivity contribution is 0.171. The van der Waals surface area contributed by atoms with Crippen molar-refractivity contribution in [3.63, 3.8) is 0 Å². The Bertz CT molecular complexity index is 1840. The molecular formula is C30H24FN5O4. The van der Waals surface area contributed by atoms with Gasteiger partial charge in [-0.2, -0.15) is 0 Å². The zero-order chi connectivity index (χ0) is 27.8. The van der Waals surface area contributed by atoms with Gasteiger partial charge in [0.1, 0.15) is 48.3 Å². The molecule has 5 aromatic rings. The third kappa shape index (κ3) is 4.49. The van der Waals surface area contributed by atoms with E-state index in [2.05, 4.69) is 15.3 Å². The smallest absolute Gasteiger partial charge is 0.200 e. The minimum absolute atomic E-state index is 0.0649. The first kappa shape index (κ1) is 25.1. The second kappa shape index (κ2) is 10.1. The number of rotatable bonds is 6. The molecule has 1 unspecified atom stereocenters. The van der Waals surface area contributed by atoms with Crippen LogP contribution in [-0.2, 0) is 0 Å². The molecule has 200 valence electrons. The van der Waals surface area contributed by atoms with Crippen LogP contribution in [-0.4, -0.2) is 28.9 Å². The molecule has 0 saturated carbocycles. The predicted molar refractivity (Wildman–Crippen MR) is 150 cm³/mol. The highest BCUT2D eigenvalue weighted by Crippen LogP contribution is 2.35. The molecule has 3 aromatic carbocycles. The molecule has 0 spiro atoms. The number of hydrogen-bond donors (Lipinski definition) is 3. The third-order valence-electron chi connectivity index (χ3n) is 6.64. The molecule has 4 N–H and O–H groups in total. The largest absolute Gasteiger partial charge is 0.486 e. The molecule has 9 nitrogen and oxygen atoms in total. The second-order valence-corrected chi connectivity index (χ2v) is 9.26. The van der Waals surface area contributed by atoms with Gasteiger partial charge in [0.2, 0.25) is 5.43 Å². The van der Waals surface area contributed by atoms with Gasteiger partial charge in [-0.25, -0.2) is 14.4 Å². The molecular weight excluding hydrogens is 513 g/mol.